The van der Waals surface area contributed by atoms with Crippen molar-refractivity contribution in [3.63, 3.8) is 0 Å². The minimum Gasteiger partial charge on any atom is -0.462 e. The maximum Gasteiger partial charge on any atom is 0.394 e. The van der Waals surface area contributed by atoms with E-state index < -0.39 is 77.9 Å². The summed E-state index contributed by atoms with van der Waals surface area (Å²) in [5.41, 5.74) is 11.1. The molecule has 3 aromatic heterocycles. The molecule has 4 aliphatic rings. The number of thiazole rings is 1. The van der Waals surface area contributed by atoms with E-state index in [9.17, 15) is 37.9 Å². The molecule has 80 heavy (non-hydrogen) atoms. The lowest BCUT2D eigenvalue weighted by Gasteiger charge is -2.48. The van der Waals surface area contributed by atoms with Crippen molar-refractivity contribution in [2.24, 2.45) is 18.4 Å². The first-order chi connectivity index (χ1) is 38.0. The monoisotopic (exact) mass is 1140 g/mol. The number of nitrogens with two attached hydrogens (primary N) is 1. The molecule has 3 amide bonds. The Morgan fingerprint density at radius 3 is 2.42 bits per heavy atom. The van der Waals surface area contributed by atoms with E-state index in [4.69, 9.17) is 27.1 Å². The first-order valence-corrected chi connectivity index (χ1v) is 28.3. The van der Waals surface area contributed by atoms with Crippen molar-refractivity contribution in [2.45, 2.75) is 122 Å². The molecule has 3 aromatic carbocycles. The van der Waals surface area contributed by atoms with Gasteiger partial charge in [-0.05, 0) is 80.8 Å². The van der Waals surface area contributed by atoms with E-state index in [1.54, 1.807) is 78.5 Å². The minimum absolute atomic E-state index is 0.0213. The van der Waals surface area contributed by atoms with E-state index in [-0.39, 0.29) is 84.3 Å². The first-order valence-electron chi connectivity index (χ1n) is 27.0. The van der Waals surface area contributed by atoms with Crippen LogP contribution in [0.1, 0.15) is 89.1 Å². The molecule has 4 aliphatic heterocycles. The fourth-order valence-electron chi connectivity index (χ4n) is 11.9. The Bertz CT molecular complexity index is 3390. The Hall–Kier alpha value is -6.64. The number of likely N-dealkylation sites (tertiary alicyclic amines) is 2. The number of alkyl halides is 3. The van der Waals surface area contributed by atoms with E-state index in [0.29, 0.717) is 47.2 Å². The maximum absolute atomic E-state index is 17.4. The van der Waals surface area contributed by atoms with Crippen molar-refractivity contribution in [1.29, 1.82) is 5.26 Å². The number of nitrogen functional groups attached to an aromatic ring is 1. The van der Waals surface area contributed by atoms with Crippen LogP contribution in [-0.2, 0) is 21.4 Å². The van der Waals surface area contributed by atoms with Gasteiger partial charge < -0.3 is 45.9 Å². The summed E-state index contributed by atoms with van der Waals surface area (Å²) in [6.45, 7) is 9.53. The number of anilines is 2. The van der Waals surface area contributed by atoms with Crippen LogP contribution in [0.25, 0.3) is 43.4 Å². The van der Waals surface area contributed by atoms with Crippen LogP contribution < -0.4 is 31.3 Å². The Morgan fingerprint density at radius 1 is 1.04 bits per heavy atom. The number of aromatic nitrogens is 4. The van der Waals surface area contributed by atoms with Crippen molar-refractivity contribution in [3.8, 4) is 33.6 Å². The molecule has 17 nitrogen and oxygen atoms in total. The van der Waals surface area contributed by atoms with Crippen LogP contribution in [0.15, 0.2) is 54.2 Å². The number of amides is 3. The first kappa shape index (κ1) is 56.6. The number of ether oxygens (including phenoxy) is 1. The molecule has 23 heteroatoms. The number of benzene rings is 3. The lowest BCUT2D eigenvalue weighted by atomic mass is 9.85. The number of aliphatic hydroxyl groups excluding tert-OH is 1. The van der Waals surface area contributed by atoms with Crippen LogP contribution in [-0.4, -0.2) is 134 Å². The number of nitrogens with zero attached hydrogens (tertiary/aromatic N) is 8. The average molecular weight is 1140 g/mol. The third kappa shape index (κ3) is 11.2. The molecule has 0 radical (unpaired) electrons. The summed E-state index contributed by atoms with van der Waals surface area (Å²) in [6, 6.07) is 11.2. The number of aryl methyl sites for hydroxylation is 2. The van der Waals surface area contributed by atoms with Gasteiger partial charge in [0.25, 0.3) is 0 Å². The molecule has 7 heterocycles. The van der Waals surface area contributed by atoms with E-state index in [1.807, 2.05) is 43.0 Å². The molecule has 10 rings (SSSR count). The van der Waals surface area contributed by atoms with Crippen LogP contribution in [0.2, 0.25) is 5.02 Å². The van der Waals surface area contributed by atoms with Crippen LogP contribution in [0.4, 0.5) is 29.1 Å². The third-order valence-corrected chi connectivity index (χ3v) is 17.5. The number of fused-ring (bicyclic) bond motifs is 4. The molecule has 6 N–H and O–H groups in total. The molecule has 2 unspecified atom stereocenters. The minimum atomic E-state index is -4.56. The Morgan fingerprint density at radius 2 is 1.76 bits per heavy atom. The van der Waals surface area contributed by atoms with E-state index in [1.165, 1.54) is 4.90 Å². The second-order valence-electron chi connectivity index (χ2n) is 22.9. The lowest BCUT2D eigenvalue weighted by Crippen LogP contribution is -2.63. The molecule has 0 aliphatic carbocycles. The summed E-state index contributed by atoms with van der Waals surface area (Å²) in [7, 11) is 1.75. The highest BCUT2D eigenvalue weighted by Crippen LogP contribution is 2.45. The molecule has 4 saturated heterocycles. The fraction of sp³-hybridized carbons (Fsp3) is 0.491. The lowest BCUT2D eigenvalue weighted by molar-refractivity contribution is -0.234. The average Bonchev–Trinajstić information content (AvgIpc) is 4.27. The largest absolute Gasteiger partial charge is 0.462 e. The predicted octanol–water partition coefficient (Wildman–Crippen LogP) is 8.19. The zero-order chi connectivity index (χ0) is 57.1. The molecule has 0 saturated carbocycles. The number of hydrogen-bond acceptors (Lipinski definition) is 14. The van der Waals surface area contributed by atoms with Crippen molar-refractivity contribution in [1.82, 2.24) is 45.3 Å². The number of aliphatic hydroxyl groups is 1. The van der Waals surface area contributed by atoms with Gasteiger partial charge in [-0.15, -0.1) is 11.3 Å². The molecule has 0 spiro atoms. The number of unbranched alkanes of at least 4 members (excludes halogenated alkanes) is 1. The fourth-order valence-corrected chi connectivity index (χ4v) is 13.0. The molecule has 6 aromatic rings. The number of nitrogens with one attached hydrogen (secondary N) is 3. The maximum atomic E-state index is 17.4. The van der Waals surface area contributed by atoms with Gasteiger partial charge in [0.15, 0.2) is 5.82 Å². The second kappa shape index (κ2) is 22.4. The number of piperazine rings is 1. The van der Waals surface area contributed by atoms with Crippen molar-refractivity contribution < 1.29 is 41.8 Å². The summed E-state index contributed by atoms with van der Waals surface area (Å²) >= 11 is 8.51. The van der Waals surface area contributed by atoms with Crippen LogP contribution in [0.3, 0.4) is 0 Å². The summed E-state index contributed by atoms with van der Waals surface area (Å²) in [4.78, 5) is 61.3. The Balaban J connectivity index is 0.803. The normalized spacial score (nSPS) is 22.1. The van der Waals surface area contributed by atoms with Gasteiger partial charge in [-0.25, -0.2) is 9.37 Å². The molecule has 2 bridgehead atoms. The van der Waals surface area contributed by atoms with Gasteiger partial charge in [0.2, 0.25) is 17.7 Å². The van der Waals surface area contributed by atoms with Gasteiger partial charge in [0.05, 0.1) is 56.5 Å². The Kier molecular flexibility index (Phi) is 15.8. The number of β-amino-alcohol motifs (C(OH)–C–C–N with tert-alkyl or cyclic N) is 1. The van der Waals surface area contributed by atoms with Gasteiger partial charge in [-0.3, -0.25) is 19.3 Å². The number of halogens is 5. The van der Waals surface area contributed by atoms with Gasteiger partial charge in [-0.1, -0.05) is 56.6 Å². The number of carbonyl (C=O) groups is 3. The molecule has 4 fully saturated rings. The topological polar surface area (TPSA) is 220 Å². The number of hydrogen-bond donors (Lipinski definition) is 5. The number of carbonyl (C=O) groups excluding carboxylic acids is 3. The molecular weight excluding hydrogens is 1080 g/mol. The standard InChI is InChI=1S/C57H65ClF4N12O5S/c1-29(31-10-12-32(13-11-31)50-30(2)65-28-80-50)66-53(77)43-19-35(75)24-74(43)54(78)51(56(3,4)5)68-45(76)9-7-8-18-72-26-39(57(60,61)62)44(72)27-79-55-69-49-36(52(70-55)73-22-33-14-15-34(23-73)67-33)20-40(58)47(48(49)59)38-25-71(6)42-17-16-41(64)37(21-63)46(38)42/h10-13,16-17,20,25,28-29,33-35,39,43-44,51,67,75H,7-9,14-15,18-19,22-24,26-27,64H2,1-6H3,(H,66,77)(H,68,76)/t29-,33?,34?,35+,39+,43-,44+,51+/m0/s1. The quantitative estimate of drug-likeness (QED) is 0.0351. The summed E-state index contributed by atoms with van der Waals surface area (Å²) < 4.78 is 68.9. The third-order valence-electron chi connectivity index (χ3n) is 16.3. The highest BCUT2D eigenvalue weighted by atomic mass is 35.5. The van der Waals surface area contributed by atoms with E-state index in [2.05, 4.69) is 32.0 Å². The summed E-state index contributed by atoms with van der Waals surface area (Å²) in [5.74, 6) is -3.64. The van der Waals surface area contributed by atoms with Crippen LogP contribution >= 0.6 is 22.9 Å². The van der Waals surface area contributed by atoms with Gasteiger partial charge in [0, 0.05) is 91.8 Å². The molecule has 8 atom stereocenters. The summed E-state index contributed by atoms with van der Waals surface area (Å²) in [6.07, 6.45) is -1.42. The van der Waals surface area contributed by atoms with Crippen LogP contribution in [0.5, 0.6) is 6.01 Å². The highest BCUT2D eigenvalue weighted by Gasteiger charge is 2.54. The van der Waals surface area contributed by atoms with E-state index >= 15 is 4.39 Å². The second-order valence-corrected chi connectivity index (χ2v) is 24.1. The van der Waals surface area contributed by atoms with Crippen molar-refractivity contribution >= 4 is 74.0 Å². The Labute approximate surface area is 469 Å². The van der Waals surface area contributed by atoms with Crippen molar-refractivity contribution in [3.05, 3.63) is 81.8 Å². The molecule has 424 valence electrons. The van der Waals surface area contributed by atoms with Gasteiger partial charge in [0.1, 0.15) is 36.1 Å². The zero-order valence-electron chi connectivity index (χ0n) is 45.3. The van der Waals surface area contributed by atoms with Crippen LogP contribution in [0, 0.1) is 35.4 Å². The summed E-state index contributed by atoms with van der Waals surface area (Å²) in [5, 5.41) is 31.1. The zero-order valence-corrected chi connectivity index (χ0v) is 46.9. The van der Waals surface area contributed by atoms with Gasteiger partial charge in [-0.2, -0.15) is 28.4 Å². The SMILES string of the molecule is Cc1ncsc1-c1ccc([C@H](C)NC(=O)[C@@H]2C[C@@H](O)CN2C(=O)[C@@H](NC(=O)CCCCN2C[C@@H](C(F)(F)F)[C@H]2COc2nc(N3CC4CCC(C3)N4)c3cc(Cl)c(-c4cn(C)c5ccc(N)c(C#N)c45)c(F)c3n2)C(C)(C)C)cc1. The smallest absolute Gasteiger partial charge is 0.394 e. The van der Waals surface area contributed by atoms with E-state index in [0.717, 1.165) is 34.5 Å². The predicted molar refractivity (Wildman–Crippen MR) is 298 cm³/mol. The highest BCUT2D eigenvalue weighted by molar-refractivity contribution is 7.13. The van der Waals surface area contributed by atoms with Gasteiger partial charge >= 0.3 is 12.2 Å². The molecular formula is C57H65ClF4N12O5S. The number of nitriles is 1. The van der Waals surface area contributed by atoms with Crippen molar-refractivity contribution in [2.75, 3.05) is 50.0 Å². The number of rotatable bonds is 16.